The van der Waals surface area contributed by atoms with Crippen molar-refractivity contribution in [1.29, 1.82) is 0 Å². The van der Waals surface area contributed by atoms with Crippen LogP contribution in [0.3, 0.4) is 0 Å². The number of rotatable bonds is 2. The summed E-state index contributed by atoms with van der Waals surface area (Å²) in [7, 11) is 2.04. The molecule has 0 unspecified atom stereocenters. The fourth-order valence-corrected chi connectivity index (χ4v) is 2.34. The van der Waals surface area contributed by atoms with E-state index in [1.807, 2.05) is 7.05 Å². The van der Waals surface area contributed by atoms with E-state index in [0.717, 1.165) is 13.1 Å². The summed E-state index contributed by atoms with van der Waals surface area (Å²) >= 11 is 3.15. The van der Waals surface area contributed by atoms with Crippen LogP contribution >= 0.6 is 15.9 Å². The van der Waals surface area contributed by atoms with Crippen molar-refractivity contribution in [3.63, 3.8) is 0 Å². The topological polar surface area (TPSA) is 58.4 Å². The largest absolute Gasteiger partial charge is 0.339 e. The molecule has 0 aromatic carbocycles. The normalized spacial score (nSPS) is 16.7. The first-order valence-corrected chi connectivity index (χ1v) is 6.96. The maximum Gasteiger partial charge on any atom is 0.268 e. The van der Waals surface area contributed by atoms with E-state index in [4.69, 9.17) is 0 Å². The van der Waals surface area contributed by atoms with Gasteiger partial charge in [0, 0.05) is 32.4 Å². The third-order valence-electron chi connectivity index (χ3n) is 3.35. The molecule has 104 valence electrons. The van der Waals surface area contributed by atoms with Crippen LogP contribution in [0.5, 0.6) is 0 Å². The van der Waals surface area contributed by atoms with E-state index in [-0.39, 0.29) is 18.0 Å². The second-order valence-electron chi connectivity index (χ2n) is 4.73. The van der Waals surface area contributed by atoms with E-state index < -0.39 is 0 Å². The number of aryl methyl sites for hydroxylation is 1. The summed E-state index contributed by atoms with van der Waals surface area (Å²) in [6, 6.07) is 0. The van der Waals surface area contributed by atoms with Crippen molar-refractivity contribution in [1.82, 2.24) is 19.4 Å². The van der Waals surface area contributed by atoms with E-state index in [2.05, 4.69) is 25.8 Å². The van der Waals surface area contributed by atoms with Gasteiger partial charge in [-0.3, -0.25) is 14.2 Å². The highest BCUT2D eigenvalue weighted by Gasteiger charge is 2.20. The molecule has 0 aliphatic carbocycles. The second-order valence-corrected chi connectivity index (χ2v) is 5.58. The third-order valence-corrected chi connectivity index (χ3v) is 3.90. The Balaban J connectivity index is 2.11. The van der Waals surface area contributed by atoms with E-state index in [9.17, 15) is 9.59 Å². The molecule has 1 aliphatic rings. The summed E-state index contributed by atoms with van der Waals surface area (Å²) in [5, 5.41) is 0. The molecular weight excluding hydrogens is 312 g/mol. The van der Waals surface area contributed by atoms with Gasteiger partial charge in [0.25, 0.3) is 5.56 Å². The first-order valence-electron chi connectivity index (χ1n) is 6.17. The molecule has 0 radical (unpaired) electrons. The Bertz CT molecular complexity index is 535. The van der Waals surface area contributed by atoms with Gasteiger partial charge in [0.15, 0.2) is 0 Å². The highest BCUT2D eigenvalue weighted by Crippen LogP contribution is 2.04. The number of halogens is 1. The van der Waals surface area contributed by atoms with Crippen LogP contribution in [0.2, 0.25) is 0 Å². The molecule has 1 aromatic rings. The Kier molecular flexibility index (Phi) is 4.36. The SMILES string of the molecule is Cc1ncc(Br)c(=O)n1CC(=O)N1CCN(C)CC1. The van der Waals surface area contributed by atoms with Crippen molar-refractivity contribution in [2.45, 2.75) is 13.5 Å². The molecule has 0 N–H and O–H groups in total. The van der Waals surface area contributed by atoms with Crippen molar-refractivity contribution in [2.75, 3.05) is 33.2 Å². The zero-order valence-corrected chi connectivity index (χ0v) is 12.7. The van der Waals surface area contributed by atoms with Crippen molar-refractivity contribution >= 4 is 21.8 Å². The van der Waals surface area contributed by atoms with Gasteiger partial charge in [-0.15, -0.1) is 0 Å². The fourth-order valence-electron chi connectivity index (χ4n) is 2.03. The minimum Gasteiger partial charge on any atom is -0.339 e. The number of carbonyl (C=O) groups excluding carboxylic acids is 1. The lowest BCUT2D eigenvalue weighted by Gasteiger charge is -2.32. The molecule has 6 nitrogen and oxygen atoms in total. The first kappa shape index (κ1) is 14.2. The molecule has 1 saturated heterocycles. The highest BCUT2D eigenvalue weighted by atomic mass is 79.9. The van der Waals surface area contributed by atoms with Crippen molar-refractivity contribution in [3.8, 4) is 0 Å². The monoisotopic (exact) mass is 328 g/mol. The quantitative estimate of drug-likeness (QED) is 0.772. The van der Waals surface area contributed by atoms with E-state index in [1.54, 1.807) is 11.8 Å². The second kappa shape index (κ2) is 5.83. The van der Waals surface area contributed by atoms with Crippen LogP contribution in [-0.2, 0) is 11.3 Å². The molecule has 7 heteroatoms. The van der Waals surface area contributed by atoms with Gasteiger partial charge in [-0.1, -0.05) is 0 Å². The zero-order valence-electron chi connectivity index (χ0n) is 11.1. The van der Waals surface area contributed by atoms with Gasteiger partial charge in [0.2, 0.25) is 5.91 Å². The van der Waals surface area contributed by atoms with Crippen LogP contribution in [0.25, 0.3) is 0 Å². The number of hydrogen-bond acceptors (Lipinski definition) is 4. The number of nitrogens with zero attached hydrogens (tertiary/aromatic N) is 4. The minimum absolute atomic E-state index is 0.0294. The molecule has 0 spiro atoms. The Morgan fingerprint density at radius 1 is 1.37 bits per heavy atom. The van der Waals surface area contributed by atoms with Gasteiger partial charge in [-0.25, -0.2) is 4.98 Å². The lowest BCUT2D eigenvalue weighted by atomic mass is 10.3. The molecule has 0 saturated carbocycles. The van der Waals surface area contributed by atoms with Gasteiger partial charge in [-0.05, 0) is 29.9 Å². The van der Waals surface area contributed by atoms with Crippen LogP contribution in [0.15, 0.2) is 15.5 Å². The maximum absolute atomic E-state index is 12.2. The first-order chi connectivity index (χ1) is 8.99. The standard InChI is InChI=1S/C12H17BrN4O2/c1-9-14-7-10(13)12(19)17(9)8-11(18)16-5-3-15(2)4-6-16/h7H,3-6,8H2,1-2H3. The van der Waals surface area contributed by atoms with E-state index in [1.165, 1.54) is 10.8 Å². The molecular formula is C12H17BrN4O2. The minimum atomic E-state index is -0.213. The molecule has 1 fully saturated rings. The Morgan fingerprint density at radius 3 is 2.63 bits per heavy atom. The smallest absolute Gasteiger partial charge is 0.268 e. The van der Waals surface area contributed by atoms with Crippen LogP contribution in [0.4, 0.5) is 0 Å². The molecule has 0 atom stereocenters. The summed E-state index contributed by atoms with van der Waals surface area (Å²) < 4.78 is 1.79. The number of carbonyl (C=O) groups is 1. The predicted octanol–water partition coefficient (Wildman–Crippen LogP) is 0.0882. The lowest BCUT2D eigenvalue weighted by molar-refractivity contribution is -0.133. The van der Waals surface area contributed by atoms with E-state index in [0.29, 0.717) is 23.4 Å². The number of amides is 1. The lowest BCUT2D eigenvalue weighted by Crippen LogP contribution is -2.48. The Labute approximate surface area is 120 Å². The number of likely N-dealkylation sites (N-methyl/N-ethyl adjacent to an activating group) is 1. The van der Waals surface area contributed by atoms with Crippen molar-refractivity contribution < 1.29 is 4.79 Å². The molecule has 0 bridgehead atoms. The van der Waals surface area contributed by atoms with E-state index >= 15 is 0 Å². The summed E-state index contributed by atoms with van der Waals surface area (Å²) in [4.78, 5) is 32.2. The molecule has 1 amide bonds. The molecule has 2 rings (SSSR count). The number of hydrogen-bond donors (Lipinski definition) is 0. The van der Waals surface area contributed by atoms with Crippen LogP contribution in [-0.4, -0.2) is 58.5 Å². The van der Waals surface area contributed by atoms with Gasteiger partial charge in [0.05, 0.1) is 0 Å². The van der Waals surface area contributed by atoms with Crippen LogP contribution in [0.1, 0.15) is 5.82 Å². The highest BCUT2D eigenvalue weighted by molar-refractivity contribution is 9.10. The summed E-state index contributed by atoms with van der Waals surface area (Å²) in [6.07, 6.45) is 1.47. The van der Waals surface area contributed by atoms with Crippen molar-refractivity contribution in [2.24, 2.45) is 0 Å². The summed E-state index contributed by atoms with van der Waals surface area (Å²) in [5.74, 6) is 0.522. The fraction of sp³-hybridized carbons (Fsp3) is 0.583. The number of piperazine rings is 1. The average Bonchev–Trinajstić information content (AvgIpc) is 2.40. The molecule has 2 heterocycles. The van der Waals surface area contributed by atoms with Gasteiger partial charge < -0.3 is 9.80 Å². The average molecular weight is 329 g/mol. The summed E-state index contributed by atoms with van der Waals surface area (Å²) in [5.41, 5.74) is -0.213. The Morgan fingerprint density at radius 2 is 2.00 bits per heavy atom. The summed E-state index contributed by atoms with van der Waals surface area (Å²) in [6.45, 7) is 4.95. The van der Waals surface area contributed by atoms with Crippen molar-refractivity contribution in [3.05, 3.63) is 26.8 Å². The maximum atomic E-state index is 12.2. The van der Waals surface area contributed by atoms with Crippen LogP contribution < -0.4 is 5.56 Å². The zero-order chi connectivity index (χ0) is 14.0. The molecule has 1 aromatic heterocycles. The third kappa shape index (κ3) is 3.22. The Hall–Kier alpha value is -1.21. The van der Waals surface area contributed by atoms with Gasteiger partial charge in [0.1, 0.15) is 16.8 Å². The number of aromatic nitrogens is 2. The van der Waals surface area contributed by atoms with Crippen LogP contribution in [0, 0.1) is 6.92 Å². The molecule has 19 heavy (non-hydrogen) atoms. The van der Waals surface area contributed by atoms with Gasteiger partial charge in [-0.2, -0.15) is 0 Å². The molecule has 1 aliphatic heterocycles. The predicted molar refractivity (Wildman–Crippen MR) is 75.0 cm³/mol. The van der Waals surface area contributed by atoms with Gasteiger partial charge >= 0.3 is 0 Å².